The highest BCUT2D eigenvalue weighted by atomic mass is 16.2. The minimum Gasteiger partial charge on any atom is -0.339 e. The second kappa shape index (κ2) is 4.71. The first-order chi connectivity index (χ1) is 10.3. The zero-order chi connectivity index (χ0) is 14.0. The normalized spacial score (nSPS) is 44.7. The molecule has 1 saturated heterocycles. The second-order valence-electron chi connectivity index (χ2n) is 8.43. The van der Waals surface area contributed by atoms with Gasteiger partial charge in [0.2, 0.25) is 5.91 Å². The summed E-state index contributed by atoms with van der Waals surface area (Å²) in [5, 5.41) is 3.45. The molecule has 4 atom stereocenters. The van der Waals surface area contributed by atoms with Gasteiger partial charge in [-0.3, -0.25) is 4.79 Å². The molecule has 1 amide bonds. The van der Waals surface area contributed by atoms with E-state index in [1.54, 1.807) is 0 Å². The van der Waals surface area contributed by atoms with Gasteiger partial charge in [0.05, 0.1) is 0 Å². The van der Waals surface area contributed by atoms with Crippen LogP contribution in [-0.4, -0.2) is 36.5 Å². The maximum Gasteiger partial charge on any atom is 0.226 e. The maximum atomic E-state index is 13.1. The van der Waals surface area contributed by atoms with Gasteiger partial charge in [-0.1, -0.05) is 0 Å². The molecule has 1 aliphatic heterocycles. The third-order valence-electron chi connectivity index (χ3n) is 7.20. The van der Waals surface area contributed by atoms with E-state index in [0.717, 1.165) is 49.2 Å². The number of amides is 1. The molecule has 2 bridgehead atoms. The van der Waals surface area contributed by atoms with Gasteiger partial charge in [-0.15, -0.1) is 0 Å². The molecule has 1 N–H and O–H groups in total. The predicted octanol–water partition coefficient (Wildman–Crippen LogP) is 2.27. The van der Waals surface area contributed by atoms with Gasteiger partial charge < -0.3 is 10.2 Å². The van der Waals surface area contributed by atoms with Crippen LogP contribution in [0.2, 0.25) is 0 Å². The molecule has 5 fully saturated rings. The van der Waals surface area contributed by atoms with Crippen LogP contribution in [0.25, 0.3) is 0 Å². The van der Waals surface area contributed by atoms with Crippen molar-refractivity contribution in [3.63, 3.8) is 0 Å². The largest absolute Gasteiger partial charge is 0.339 e. The average molecular weight is 288 g/mol. The summed E-state index contributed by atoms with van der Waals surface area (Å²) in [6.45, 7) is 3.36. The lowest BCUT2D eigenvalue weighted by atomic mass is 9.96. The first-order valence-electron chi connectivity index (χ1n) is 9.34. The van der Waals surface area contributed by atoms with E-state index in [1.807, 2.05) is 0 Å². The molecule has 0 spiro atoms. The summed E-state index contributed by atoms with van der Waals surface area (Å²) in [7, 11) is 0. The average Bonchev–Trinajstić information content (AvgIpc) is 3.43. The third kappa shape index (κ3) is 2.07. The lowest BCUT2D eigenvalue weighted by molar-refractivity contribution is -0.135. The van der Waals surface area contributed by atoms with Gasteiger partial charge in [0.15, 0.2) is 0 Å². The van der Waals surface area contributed by atoms with Gasteiger partial charge in [0.1, 0.15) is 0 Å². The molecule has 3 heteroatoms. The van der Waals surface area contributed by atoms with E-state index in [-0.39, 0.29) is 0 Å². The van der Waals surface area contributed by atoms with Crippen molar-refractivity contribution >= 4 is 5.91 Å². The number of fused-ring (bicyclic) bond motifs is 5. The van der Waals surface area contributed by atoms with Gasteiger partial charge in [-0.25, -0.2) is 0 Å². The summed E-state index contributed by atoms with van der Waals surface area (Å²) in [5.41, 5.74) is 0. The van der Waals surface area contributed by atoms with Crippen LogP contribution < -0.4 is 5.32 Å². The molecular formula is C18H28N2O. The molecular weight excluding hydrogens is 260 g/mol. The topological polar surface area (TPSA) is 32.3 Å². The third-order valence-corrected chi connectivity index (χ3v) is 7.20. The van der Waals surface area contributed by atoms with Gasteiger partial charge in [-0.05, 0) is 87.6 Å². The summed E-state index contributed by atoms with van der Waals surface area (Å²) in [5.74, 6) is 5.26. The Morgan fingerprint density at radius 3 is 2.24 bits per heavy atom. The SMILES string of the molecule is O=C(C1C2C3CCC(C3)C12)N(CC1CCNCC1)C1CC1. The van der Waals surface area contributed by atoms with Crippen molar-refractivity contribution < 1.29 is 4.79 Å². The summed E-state index contributed by atoms with van der Waals surface area (Å²) < 4.78 is 0. The molecule has 5 rings (SSSR count). The van der Waals surface area contributed by atoms with Gasteiger partial charge in [-0.2, -0.15) is 0 Å². The van der Waals surface area contributed by atoms with Crippen LogP contribution in [0.5, 0.6) is 0 Å². The molecule has 3 nitrogen and oxygen atoms in total. The lowest BCUT2D eigenvalue weighted by Gasteiger charge is -2.31. The van der Waals surface area contributed by atoms with Crippen molar-refractivity contribution in [3.05, 3.63) is 0 Å². The lowest BCUT2D eigenvalue weighted by Crippen LogP contribution is -2.42. The molecule has 1 heterocycles. The number of rotatable bonds is 4. The van der Waals surface area contributed by atoms with E-state index in [9.17, 15) is 4.79 Å². The van der Waals surface area contributed by atoms with Crippen LogP contribution >= 0.6 is 0 Å². The van der Waals surface area contributed by atoms with E-state index in [1.165, 1.54) is 44.9 Å². The van der Waals surface area contributed by atoms with Crippen molar-refractivity contribution in [1.82, 2.24) is 10.2 Å². The van der Waals surface area contributed by atoms with Crippen molar-refractivity contribution in [2.45, 2.75) is 51.0 Å². The van der Waals surface area contributed by atoms with Crippen LogP contribution in [0.4, 0.5) is 0 Å². The Bertz CT molecular complexity index is 424. The Balaban J connectivity index is 1.27. The molecule has 4 saturated carbocycles. The minimum absolute atomic E-state index is 0.457. The van der Waals surface area contributed by atoms with E-state index in [0.29, 0.717) is 17.9 Å². The summed E-state index contributed by atoms with van der Waals surface area (Å²) in [6, 6.07) is 0.617. The number of carbonyl (C=O) groups excluding carboxylic acids is 1. The Kier molecular flexibility index (Phi) is 2.90. The zero-order valence-corrected chi connectivity index (χ0v) is 13.0. The Morgan fingerprint density at radius 1 is 0.952 bits per heavy atom. The van der Waals surface area contributed by atoms with Crippen LogP contribution in [-0.2, 0) is 4.79 Å². The Labute approximate surface area is 127 Å². The molecule has 21 heavy (non-hydrogen) atoms. The molecule has 0 aromatic carbocycles. The van der Waals surface area contributed by atoms with Gasteiger partial charge in [0.25, 0.3) is 0 Å². The van der Waals surface area contributed by atoms with Crippen LogP contribution in [0.3, 0.4) is 0 Å². The van der Waals surface area contributed by atoms with Crippen molar-refractivity contribution in [2.24, 2.45) is 35.5 Å². The number of nitrogens with zero attached hydrogens (tertiary/aromatic N) is 1. The monoisotopic (exact) mass is 288 g/mol. The first kappa shape index (κ1) is 12.9. The second-order valence-corrected chi connectivity index (χ2v) is 8.43. The zero-order valence-electron chi connectivity index (χ0n) is 13.0. The first-order valence-corrected chi connectivity index (χ1v) is 9.34. The van der Waals surface area contributed by atoms with Crippen LogP contribution in [0.1, 0.15) is 44.9 Å². The minimum atomic E-state index is 0.457. The Hall–Kier alpha value is -0.570. The highest BCUT2D eigenvalue weighted by Gasteiger charge is 2.68. The maximum absolute atomic E-state index is 13.1. The van der Waals surface area contributed by atoms with Gasteiger partial charge in [0, 0.05) is 18.5 Å². The fraction of sp³-hybridized carbons (Fsp3) is 0.944. The molecule has 4 aliphatic carbocycles. The highest BCUT2D eigenvalue weighted by molar-refractivity contribution is 5.83. The van der Waals surface area contributed by atoms with E-state index >= 15 is 0 Å². The van der Waals surface area contributed by atoms with E-state index in [2.05, 4.69) is 10.2 Å². The number of hydrogen-bond acceptors (Lipinski definition) is 2. The quantitative estimate of drug-likeness (QED) is 0.860. The fourth-order valence-electron chi connectivity index (χ4n) is 5.99. The Morgan fingerprint density at radius 2 is 1.62 bits per heavy atom. The number of carbonyl (C=O) groups is 1. The number of piperidine rings is 1. The predicted molar refractivity (Wildman–Crippen MR) is 81.6 cm³/mol. The molecule has 0 aromatic rings. The molecule has 0 aromatic heterocycles. The fourth-order valence-corrected chi connectivity index (χ4v) is 5.99. The molecule has 0 radical (unpaired) electrons. The van der Waals surface area contributed by atoms with Crippen molar-refractivity contribution in [3.8, 4) is 0 Å². The van der Waals surface area contributed by atoms with Crippen molar-refractivity contribution in [1.29, 1.82) is 0 Å². The van der Waals surface area contributed by atoms with Crippen LogP contribution in [0, 0.1) is 35.5 Å². The highest BCUT2D eigenvalue weighted by Crippen LogP contribution is 2.69. The van der Waals surface area contributed by atoms with E-state index in [4.69, 9.17) is 0 Å². The smallest absolute Gasteiger partial charge is 0.226 e. The number of nitrogens with one attached hydrogen (secondary N) is 1. The summed E-state index contributed by atoms with van der Waals surface area (Å²) in [4.78, 5) is 15.4. The van der Waals surface area contributed by atoms with Gasteiger partial charge >= 0.3 is 0 Å². The molecule has 5 aliphatic rings. The van der Waals surface area contributed by atoms with E-state index < -0.39 is 0 Å². The molecule has 116 valence electrons. The summed E-state index contributed by atoms with van der Waals surface area (Å²) in [6.07, 6.45) is 9.37. The van der Waals surface area contributed by atoms with Crippen molar-refractivity contribution in [2.75, 3.05) is 19.6 Å². The van der Waals surface area contributed by atoms with Crippen LogP contribution in [0.15, 0.2) is 0 Å². The molecule has 4 unspecified atom stereocenters. The number of hydrogen-bond donors (Lipinski definition) is 1. The standard InChI is InChI=1S/C18H28N2O/c21-18(17-15-12-1-2-13(9-12)16(15)17)20(14-3-4-14)10-11-5-7-19-8-6-11/h11-17,19H,1-10H2. The summed E-state index contributed by atoms with van der Waals surface area (Å²) >= 11 is 0.